The third-order valence-electron chi connectivity index (χ3n) is 2.92. The van der Waals surface area contributed by atoms with Gasteiger partial charge in [0.25, 0.3) is 15.0 Å². The summed E-state index contributed by atoms with van der Waals surface area (Å²) in [6.45, 7) is 5.30. The van der Waals surface area contributed by atoms with E-state index in [-0.39, 0.29) is 28.4 Å². The molecule has 0 radical (unpaired) electrons. The smallest absolute Gasteiger partial charge is 0.289 e. The molecule has 1 amide bonds. The summed E-state index contributed by atoms with van der Waals surface area (Å²) in [5.74, 6) is -0.264. The van der Waals surface area contributed by atoms with Crippen LogP contribution in [0.4, 0.5) is 0 Å². The highest BCUT2D eigenvalue weighted by molar-refractivity contribution is 8.13. The van der Waals surface area contributed by atoms with Gasteiger partial charge in [0.05, 0.1) is 0 Å². The number of nitrogens with zero attached hydrogens (tertiary/aromatic N) is 1. The molecule has 0 N–H and O–H groups in total. The first-order chi connectivity index (χ1) is 8.18. The Labute approximate surface area is 111 Å². The van der Waals surface area contributed by atoms with Gasteiger partial charge >= 0.3 is 0 Å². The highest BCUT2D eigenvalue weighted by Crippen LogP contribution is 2.24. The zero-order valence-electron chi connectivity index (χ0n) is 10.7. The molecule has 0 aliphatic carbocycles. The Hall–Kier alpha value is -1.01. The van der Waals surface area contributed by atoms with Crippen molar-refractivity contribution < 1.29 is 17.6 Å². The van der Waals surface area contributed by atoms with Crippen LogP contribution in [0.2, 0.25) is 0 Å². The lowest BCUT2D eigenvalue weighted by Crippen LogP contribution is -2.34. The number of aryl methyl sites for hydroxylation is 1. The van der Waals surface area contributed by atoms with Crippen LogP contribution in [-0.4, -0.2) is 32.3 Å². The first-order valence-electron chi connectivity index (χ1n) is 5.50. The zero-order chi connectivity index (χ0) is 14.1. The Bertz CT molecular complexity index is 549. The van der Waals surface area contributed by atoms with Crippen LogP contribution in [0.25, 0.3) is 0 Å². The van der Waals surface area contributed by atoms with Gasteiger partial charge in [0, 0.05) is 29.8 Å². The standard InChI is InChI=1S/C11H16ClNO4S/c1-5-7(2)13(4)11(14)9-6-10(8(3)17-9)18(12,15)16/h6-7H,5H2,1-4H3. The van der Waals surface area contributed by atoms with Crippen molar-refractivity contribution in [1.82, 2.24) is 4.90 Å². The second-order valence-electron chi connectivity index (χ2n) is 4.14. The fourth-order valence-electron chi connectivity index (χ4n) is 1.46. The van der Waals surface area contributed by atoms with E-state index in [1.54, 1.807) is 7.05 Å². The molecule has 0 bridgehead atoms. The number of hydrogen-bond donors (Lipinski definition) is 0. The van der Waals surface area contributed by atoms with Crippen molar-refractivity contribution in [2.45, 2.75) is 38.1 Å². The Balaban J connectivity index is 3.10. The third kappa shape index (κ3) is 3.05. The lowest BCUT2D eigenvalue weighted by Gasteiger charge is -2.22. The van der Waals surface area contributed by atoms with Crippen LogP contribution >= 0.6 is 10.7 Å². The van der Waals surface area contributed by atoms with E-state index in [4.69, 9.17) is 15.1 Å². The monoisotopic (exact) mass is 293 g/mol. The second-order valence-corrected chi connectivity index (χ2v) is 6.68. The fourth-order valence-corrected chi connectivity index (χ4v) is 2.55. The average Bonchev–Trinajstić information content (AvgIpc) is 2.68. The maximum absolute atomic E-state index is 12.0. The number of halogens is 1. The van der Waals surface area contributed by atoms with E-state index < -0.39 is 9.05 Å². The van der Waals surface area contributed by atoms with Crippen molar-refractivity contribution in [3.63, 3.8) is 0 Å². The molecular weight excluding hydrogens is 278 g/mol. The SMILES string of the molecule is CCC(C)N(C)C(=O)c1cc(S(=O)(=O)Cl)c(C)o1. The molecule has 1 rings (SSSR count). The Morgan fingerprint density at radius 3 is 2.50 bits per heavy atom. The fraction of sp³-hybridized carbons (Fsp3) is 0.545. The molecular formula is C11H16ClNO4S. The molecule has 7 heteroatoms. The van der Waals surface area contributed by atoms with E-state index >= 15 is 0 Å². The van der Waals surface area contributed by atoms with Crippen LogP contribution in [0.15, 0.2) is 15.4 Å². The summed E-state index contributed by atoms with van der Waals surface area (Å²) in [5.41, 5.74) is 0. The van der Waals surface area contributed by atoms with Crippen molar-refractivity contribution in [3.05, 3.63) is 17.6 Å². The van der Waals surface area contributed by atoms with Crippen LogP contribution in [0.3, 0.4) is 0 Å². The molecule has 0 fully saturated rings. The van der Waals surface area contributed by atoms with Gasteiger partial charge in [-0.05, 0) is 20.3 Å². The Morgan fingerprint density at radius 1 is 1.56 bits per heavy atom. The highest BCUT2D eigenvalue weighted by atomic mass is 35.7. The van der Waals surface area contributed by atoms with Gasteiger partial charge in [0.2, 0.25) is 0 Å². The van der Waals surface area contributed by atoms with E-state index in [0.29, 0.717) is 0 Å². The second kappa shape index (κ2) is 5.32. The van der Waals surface area contributed by atoms with Gasteiger partial charge in [0.15, 0.2) is 5.76 Å². The van der Waals surface area contributed by atoms with Crippen LogP contribution in [0, 0.1) is 6.92 Å². The molecule has 0 spiro atoms. The zero-order valence-corrected chi connectivity index (χ0v) is 12.3. The molecule has 0 saturated carbocycles. The van der Waals surface area contributed by atoms with E-state index in [9.17, 15) is 13.2 Å². The lowest BCUT2D eigenvalue weighted by atomic mass is 10.2. The number of amides is 1. The molecule has 5 nitrogen and oxygen atoms in total. The average molecular weight is 294 g/mol. The number of furan rings is 1. The summed E-state index contributed by atoms with van der Waals surface area (Å²) >= 11 is 0. The minimum Gasteiger partial charge on any atom is -0.455 e. The largest absolute Gasteiger partial charge is 0.455 e. The van der Waals surface area contributed by atoms with Crippen LogP contribution in [0.5, 0.6) is 0 Å². The van der Waals surface area contributed by atoms with E-state index in [1.807, 2.05) is 13.8 Å². The third-order valence-corrected chi connectivity index (χ3v) is 4.35. The van der Waals surface area contributed by atoms with Crippen molar-refractivity contribution in [3.8, 4) is 0 Å². The van der Waals surface area contributed by atoms with Crippen molar-refractivity contribution in [2.75, 3.05) is 7.05 Å². The van der Waals surface area contributed by atoms with Gasteiger partial charge in [-0.3, -0.25) is 4.79 Å². The first-order valence-corrected chi connectivity index (χ1v) is 7.81. The minimum absolute atomic E-state index is 0.0190. The van der Waals surface area contributed by atoms with E-state index in [1.165, 1.54) is 17.9 Å². The predicted octanol–water partition coefficient (Wildman–Crippen LogP) is 2.39. The van der Waals surface area contributed by atoms with Crippen LogP contribution < -0.4 is 0 Å². The number of carbonyl (C=O) groups excluding carboxylic acids is 1. The highest BCUT2D eigenvalue weighted by Gasteiger charge is 2.25. The van der Waals surface area contributed by atoms with Crippen molar-refractivity contribution >= 4 is 25.6 Å². The van der Waals surface area contributed by atoms with Gasteiger partial charge in [-0.1, -0.05) is 6.92 Å². The molecule has 0 aliphatic rings. The number of rotatable bonds is 4. The topological polar surface area (TPSA) is 67.6 Å². The van der Waals surface area contributed by atoms with Crippen molar-refractivity contribution in [1.29, 1.82) is 0 Å². The lowest BCUT2D eigenvalue weighted by molar-refractivity contribution is 0.0707. The summed E-state index contributed by atoms with van der Waals surface area (Å²) in [5, 5.41) is 0. The molecule has 1 atom stereocenters. The molecule has 0 aliphatic heterocycles. The maximum Gasteiger partial charge on any atom is 0.289 e. The summed E-state index contributed by atoms with van der Waals surface area (Å²) in [6, 6.07) is 1.21. The molecule has 0 saturated heterocycles. The first kappa shape index (κ1) is 15.0. The van der Waals surface area contributed by atoms with Crippen LogP contribution in [0.1, 0.15) is 36.6 Å². The summed E-state index contributed by atoms with van der Waals surface area (Å²) < 4.78 is 27.6. The predicted molar refractivity (Wildman–Crippen MR) is 68.3 cm³/mol. The van der Waals surface area contributed by atoms with Gasteiger partial charge in [-0.25, -0.2) is 8.42 Å². The van der Waals surface area contributed by atoms with E-state index in [0.717, 1.165) is 6.42 Å². The van der Waals surface area contributed by atoms with Gasteiger partial charge in [0.1, 0.15) is 10.7 Å². The van der Waals surface area contributed by atoms with Gasteiger partial charge in [-0.2, -0.15) is 0 Å². The Kier molecular flexibility index (Phi) is 4.45. The van der Waals surface area contributed by atoms with Crippen LogP contribution in [-0.2, 0) is 9.05 Å². The molecule has 0 aromatic carbocycles. The molecule has 1 aromatic heterocycles. The Morgan fingerprint density at radius 2 is 2.11 bits per heavy atom. The molecule has 102 valence electrons. The number of hydrogen-bond acceptors (Lipinski definition) is 4. The van der Waals surface area contributed by atoms with Gasteiger partial charge < -0.3 is 9.32 Å². The molecule has 1 unspecified atom stereocenters. The van der Waals surface area contributed by atoms with E-state index in [2.05, 4.69) is 0 Å². The molecule has 1 heterocycles. The maximum atomic E-state index is 12.0. The minimum atomic E-state index is -3.89. The number of carbonyl (C=O) groups is 1. The molecule has 1 aromatic rings. The van der Waals surface area contributed by atoms with Crippen molar-refractivity contribution in [2.24, 2.45) is 0 Å². The summed E-state index contributed by atoms with van der Waals surface area (Å²) in [7, 11) is 2.99. The summed E-state index contributed by atoms with van der Waals surface area (Å²) in [6.07, 6.45) is 0.794. The summed E-state index contributed by atoms with van der Waals surface area (Å²) in [4.78, 5) is 13.4. The normalized spacial score (nSPS) is 13.4. The quantitative estimate of drug-likeness (QED) is 0.799. The van der Waals surface area contributed by atoms with Gasteiger partial charge in [-0.15, -0.1) is 0 Å². The molecule has 18 heavy (non-hydrogen) atoms.